The van der Waals surface area contributed by atoms with Gasteiger partial charge in [0.1, 0.15) is 5.82 Å². The largest absolute Gasteiger partial charge is 0.416 e. The van der Waals surface area contributed by atoms with Gasteiger partial charge in [0.2, 0.25) is 5.91 Å². The molecule has 3 rings (SSSR count). The van der Waals surface area contributed by atoms with Crippen LogP contribution in [0.15, 0.2) is 49.2 Å². The Morgan fingerprint density at radius 1 is 1.28 bits per heavy atom. The normalized spacial score (nSPS) is 17.1. The highest BCUT2D eigenvalue weighted by Gasteiger charge is 2.31. The third-order valence-corrected chi connectivity index (χ3v) is 4.10. The first-order chi connectivity index (χ1) is 11.9. The number of amides is 1. The molecule has 1 atom stereocenters. The van der Waals surface area contributed by atoms with Crippen LogP contribution in [-0.2, 0) is 17.5 Å². The first-order valence-corrected chi connectivity index (χ1v) is 7.75. The summed E-state index contributed by atoms with van der Waals surface area (Å²) in [5, 5.41) is 7.00. The number of hydrogen-bond acceptors (Lipinski definition) is 3. The summed E-state index contributed by atoms with van der Waals surface area (Å²) in [6.07, 6.45) is -1.51. The third-order valence-electron chi connectivity index (χ3n) is 4.10. The quantitative estimate of drug-likeness (QED) is 0.863. The highest BCUT2D eigenvalue weighted by molar-refractivity contribution is 5.86. The second kappa shape index (κ2) is 6.62. The summed E-state index contributed by atoms with van der Waals surface area (Å²) in [6.45, 7) is 5.03. The number of nitrogens with zero attached hydrogens (tertiary/aromatic N) is 3. The molecule has 1 aliphatic heterocycles. The summed E-state index contributed by atoms with van der Waals surface area (Å²) in [4.78, 5) is 13.3. The molecule has 1 aromatic carbocycles. The van der Waals surface area contributed by atoms with E-state index in [2.05, 4.69) is 17.0 Å². The summed E-state index contributed by atoms with van der Waals surface area (Å²) >= 11 is 0. The number of hydrogen-bond donors (Lipinski definition) is 1. The molecule has 0 unspecified atom stereocenters. The van der Waals surface area contributed by atoms with Gasteiger partial charge in [-0.3, -0.25) is 4.79 Å². The molecule has 132 valence electrons. The average molecular weight is 350 g/mol. The SMILES string of the molecule is C=CC(=O)NC[C@@H]1CN(c2ccc(C(F)(F)F)cc2)c2ccnn2C1. The van der Waals surface area contributed by atoms with Crippen molar-refractivity contribution in [3.8, 4) is 0 Å². The van der Waals surface area contributed by atoms with Crippen LogP contribution in [0.2, 0.25) is 0 Å². The van der Waals surface area contributed by atoms with Crippen molar-refractivity contribution in [2.75, 3.05) is 18.0 Å². The predicted octanol–water partition coefficient (Wildman–Crippen LogP) is 2.97. The van der Waals surface area contributed by atoms with Gasteiger partial charge < -0.3 is 10.2 Å². The lowest BCUT2D eigenvalue weighted by molar-refractivity contribution is -0.137. The molecule has 2 aromatic rings. The fourth-order valence-corrected chi connectivity index (χ4v) is 2.86. The Labute approximate surface area is 142 Å². The summed E-state index contributed by atoms with van der Waals surface area (Å²) in [5.41, 5.74) is -0.0361. The van der Waals surface area contributed by atoms with E-state index in [0.717, 1.165) is 18.0 Å². The molecule has 2 heterocycles. The lowest BCUT2D eigenvalue weighted by Crippen LogP contribution is -2.41. The first-order valence-electron chi connectivity index (χ1n) is 7.75. The highest BCUT2D eigenvalue weighted by Crippen LogP contribution is 2.34. The van der Waals surface area contributed by atoms with E-state index in [1.165, 1.54) is 18.2 Å². The molecule has 1 amide bonds. The van der Waals surface area contributed by atoms with Crippen LogP contribution in [0.3, 0.4) is 0 Å². The molecule has 1 N–H and O–H groups in total. The van der Waals surface area contributed by atoms with E-state index in [1.54, 1.807) is 10.9 Å². The minimum Gasteiger partial charge on any atom is -0.352 e. The van der Waals surface area contributed by atoms with E-state index >= 15 is 0 Å². The summed E-state index contributed by atoms with van der Waals surface area (Å²) in [6, 6.07) is 6.85. The number of aromatic nitrogens is 2. The van der Waals surface area contributed by atoms with Crippen molar-refractivity contribution in [2.45, 2.75) is 12.7 Å². The van der Waals surface area contributed by atoms with Gasteiger partial charge in [0.15, 0.2) is 0 Å². The number of benzene rings is 1. The van der Waals surface area contributed by atoms with E-state index in [4.69, 9.17) is 0 Å². The molecule has 0 bridgehead atoms. The van der Waals surface area contributed by atoms with Crippen molar-refractivity contribution in [3.63, 3.8) is 0 Å². The molecule has 5 nitrogen and oxygen atoms in total. The number of rotatable bonds is 4. The maximum atomic E-state index is 12.7. The molecule has 25 heavy (non-hydrogen) atoms. The Bertz CT molecular complexity index is 767. The van der Waals surface area contributed by atoms with Gasteiger partial charge in [-0.25, -0.2) is 4.68 Å². The van der Waals surface area contributed by atoms with Crippen LogP contribution >= 0.6 is 0 Å². The minimum absolute atomic E-state index is 0.0681. The molecule has 0 fully saturated rings. The van der Waals surface area contributed by atoms with Crippen molar-refractivity contribution < 1.29 is 18.0 Å². The van der Waals surface area contributed by atoms with E-state index in [9.17, 15) is 18.0 Å². The van der Waals surface area contributed by atoms with Crippen LogP contribution < -0.4 is 10.2 Å². The molecular formula is C17H17F3N4O. The van der Waals surface area contributed by atoms with Crippen LogP contribution in [0.25, 0.3) is 0 Å². The molecule has 0 saturated carbocycles. The van der Waals surface area contributed by atoms with Gasteiger partial charge in [-0.05, 0) is 30.3 Å². The molecule has 0 spiro atoms. The minimum atomic E-state index is -4.36. The fourth-order valence-electron chi connectivity index (χ4n) is 2.86. The van der Waals surface area contributed by atoms with Crippen LogP contribution in [0.5, 0.6) is 0 Å². The number of halogens is 3. The Hall–Kier alpha value is -2.77. The van der Waals surface area contributed by atoms with E-state index in [-0.39, 0.29) is 11.8 Å². The monoisotopic (exact) mass is 350 g/mol. The Kier molecular flexibility index (Phi) is 4.52. The number of fused-ring (bicyclic) bond motifs is 1. The summed E-state index contributed by atoms with van der Waals surface area (Å²) < 4.78 is 40.0. The van der Waals surface area contributed by atoms with Gasteiger partial charge in [0.05, 0.1) is 11.8 Å². The maximum absolute atomic E-state index is 12.7. The van der Waals surface area contributed by atoms with Crippen LogP contribution in [0.4, 0.5) is 24.7 Å². The molecule has 0 saturated heterocycles. The van der Waals surface area contributed by atoms with E-state index in [0.29, 0.717) is 25.3 Å². The topological polar surface area (TPSA) is 50.2 Å². The second-order valence-electron chi connectivity index (χ2n) is 5.84. The van der Waals surface area contributed by atoms with Crippen LogP contribution in [0.1, 0.15) is 5.56 Å². The zero-order valence-electron chi connectivity index (χ0n) is 13.3. The van der Waals surface area contributed by atoms with Gasteiger partial charge in [-0.1, -0.05) is 6.58 Å². The molecule has 1 aromatic heterocycles. The molecule has 8 heteroatoms. The van der Waals surface area contributed by atoms with Crippen molar-refractivity contribution in [1.82, 2.24) is 15.1 Å². The molecule has 1 aliphatic rings. The van der Waals surface area contributed by atoms with Crippen molar-refractivity contribution in [1.29, 1.82) is 0 Å². The number of carbonyl (C=O) groups is 1. The zero-order chi connectivity index (χ0) is 18.0. The smallest absolute Gasteiger partial charge is 0.352 e. The maximum Gasteiger partial charge on any atom is 0.416 e. The predicted molar refractivity (Wildman–Crippen MR) is 87.4 cm³/mol. The average Bonchev–Trinajstić information content (AvgIpc) is 3.06. The van der Waals surface area contributed by atoms with Crippen molar-refractivity contribution >= 4 is 17.4 Å². The Morgan fingerprint density at radius 2 is 2.00 bits per heavy atom. The number of carbonyl (C=O) groups excluding carboxylic acids is 1. The zero-order valence-corrected chi connectivity index (χ0v) is 13.3. The lowest BCUT2D eigenvalue weighted by Gasteiger charge is -2.35. The van der Waals surface area contributed by atoms with Gasteiger partial charge in [-0.2, -0.15) is 18.3 Å². The van der Waals surface area contributed by atoms with Gasteiger partial charge in [0.25, 0.3) is 0 Å². The first kappa shape index (κ1) is 17.1. The number of anilines is 2. The van der Waals surface area contributed by atoms with Gasteiger partial charge >= 0.3 is 6.18 Å². The van der Waals surface area contributed by atoms with Crippen molar-refractivity contribution in [3.05, 3.63) is 54.7 Å². The van der Waals surface area contributed by atoms with Crippen molar-refractivity contribution in [2.24, 2.45) is 5.92 Å². The third kappa shape index (κ3) is 3.67. The lowest BCUT2D eigenvalue weighted by atomic mass is 10.1. The Morgan fingerprint density at radius 3 is 2.64 bits per heavy atom. The molecular weight excluding hydrogens is 333 g/mol. The van der Waals surface area contributed by atoms with Crippen LogP contribution in [-0.4, -0.2) is 28.8 Å². The fraction of sp³-hybridized carbons (Fsp3) is 0.294. The van der Waals surface area contributed by atoms with Gasteiger partial charge in [0, 0.05) is 37.3 Å². The van der Waals surface area contributed by atoms with E-state index < -0.39 is 11.7 Å². The second-order valence-corrected chi connectivity index (χ2v) is 5.84. The summed E-state index contributed by atoms with van der Waals surface area (Å²) in [7, 11) is 0. The highest BCUT2D eigenvalue weighted by atomic mass is 19.4. The van der Waals surface area contributed by atoms with E-state index in [1.807, 2.05) is 11.0 Å². The molecule has 0 aliphatic carbocycles. The number of alkyl halides is 3. The number of nitrogens with one attached hydrogen (secondary N) is 1. The Balaban J connectivity index is 1.82. The molecule has 0 radical (unpaired) electrons. The van der Waals surface area contributed by atoms with Gasteiger partial charge in [-0.15, -0.1) is 0 Å². The summed E-state index contributed by atoms with van der Waals surface area (Å²) in [5.74, 6) is 0.622. The van der Waals surface area contributed by atoms with Crippen LogP contribution in [0, 0.1) is 5.92 Å². The standard InChI is InChI=1S/C17H17F3N4O/c1-2-15(25)21-9-12-10-23(16-7-8-22-24(16)11-12)14-5-3-13(4-6-14)17(18,19)20/h2-8,12H,1,9-11H2,(H,21,25)/t12-/m1/s1.